The Bertz CT molecular complexity index is 771. The van der Waals surface area contributed by atoms with Gasteiger partial charge in [-0.2, -0.15) is 0 Å². The van der Waals surface area contributed by atoms with Crippen molar-refractivity contribution in [1.29, 1.82) is 0 Å². The van der Waals surface area contributed by atoms with Crippen LogP contribution in [0.3, 0.4) is 0 Å². The van der Waals surface area contributed by atoms with Crippen LogP contribution < -0.4 is 0 Å². The van der Waals surface area contributed by atoms with Gasteiger partial charge < -0.3 is 0 Å². The van der Waals surface area contributed by atoms with Gasteiger partial charge >= 0.3 is 228 Å². The van der Waals surface area contributed by atoms with Crippen LogP contribution in [0.1, 0.15) is 156 Å². The average Bonchev–Trinajstić information content (AvgIpc) is 3.03. The van der Waals surface area contributed by atoms with E-state index >= 15 is 0 Å². The number of ether oxygens (including phenoxy) is 2. The number of rotatable bonds is 30. The molecule has 0 aromatic carbocycles. The van der Waals surface area contributed by atoms with Gasteiger partial charge in [-0.25, -0.2) is 0 Å². The Morgan fingerprint density at radius 2 is 0.689 bits per heavy atom. The van der Waals surface area contributed by atoms with Crippen molar-refractivity contribution in [3.8, 4) is 0 Å². The van der Waals surface area contributed by atoms with Crippen LogP contribution in [0, 0.1) is 0 Å². The van der Waals surface area contributed by atoms with E-state index in [1.165, 1.54) is 64.2 Å². The number of hydrogen-bond acceptors (Lipinski definition) is 8. The third kappa shape index (κ3) is 27.0. The summed E-state index contributed by atoms with van der Waals surface area (Å²) in [5.41, 5.74) is 0. The molecule has 0 bridgehead atoms. The molecule has 0 atom stereocenters. The second-order valence-corrected chi connectivity index (χ2v) is 21.1. The van der Waals surface area contributed by atoms with Gasteiger partial charge in [0.15, 0.2) is 0 Å². The Morgan fingerprint density at radius 3 is 1.02 bits per heavy atom. The molecule has 0 rings (SSSR count). The minimum Gasteiger partial charge on any atom is -0.0654 e. The Kier molecular flexibility index (Phi) is 29.5. The molecule has 0 N–H and O–H groups in total. The zero-order chi connectivity index (χ0) is 33.4. The fourth-order valence-electron chi connectivity index (χ4n) is 4.86. The number of hydrogen-bond donors (Lipinski definition) is 0. The summed E-state index contributed by atoms with van der Waals surface area (Å²) >= 11 is -4.25. The molecule has 8 nitrogen and oxygen atoms in total. The molecule has 0 amide bonds. The maximum absolute atomic E-state index is 12.8. The molecule has 45 heavy (non-hydrogen) atoms. The van der Waals surface area contributed by atoms with Crippen LogP contribution in [0.4, 0.5) is 0 Å². The van der Waals surface area contributed by atoms with E-state index in [-0.39, 0.29) is 0 Å². The van der Waals surface area contributed by atoms with Gasteiger partial charge in [-0.1, -0.05) is 52.4 Å². The zero-order valence-corrected chi connectivity index (χ0v) is 31.9. The fourth-order valence-corrected chi connectivity index (χ4v) is 14.4. The van der Waals surface area contributed by atoms with Crippen molar-refractivity contribution in [3.05, 3.63) is 24.3 Å². The summed E-state index contributed by atoms with van der Waals surface area (Å²) < 4.78 is 23.2. The summed E-state index contributed by atoms with van der Waals surface area (Å²) in [6.07, 6.45) is 25.8. The third-order valence-electron chi connectivity index (χ3n) is 7.59. The molecule has 0 saturated heterocycles. The molecule has 0 radical (unpaired) electrons. The molecular formula is C36H64O8Sn. The molecule has 0 aliphatic carbocycles. The van der Waals surface area contributed by atoms with Crippen molar-refractivity contribution in [3.63, 3.8) is 0 Å². The second-order valence-electron chi connectivity index (χ2n) is 11.9. The summed E-state index contributed by atoms with van der Waals surface area (Å²) in [5.74, 6) is -2.60. The molecule has 0 aliphatic rings. The topological polar surface area (TPSA) is 105 Å². The van der Waals surface area contributed by atoms with Gasteiger partial charge in [0.2, 0.25) is 0 Å². The predicted octanol–water partition coefficient (Wildman–Crippen LogP) is 9.60. The van der Waals surface area contributed by atoms with Crippen LogP contribution in [0.5, 0.6) is 0 Å². The quantitative estimate of drug-likeness (QED) is 0.0310. The van der Waals surface area contributed by atoms with Gasteiger partial charge in [0.05, 0.1) is 0 Å². The molecule has 0 spiro atoms. The Balaban J connectivity index is 4.79. The van der Waals surface area contributed by atoms with E-state index in [0.29, 0.717) is 22.1 Å². The molecule has 0 fully saturated rings. The van der Waals surface area contributed by atoms with E-state index in [1.807, 2.05) is 13.8 Å². The smallest absolute Gasteiger partial charge is 0.0654 e. The summed E-state index contributed by atoms with van der Waals surface area (Å²) in [4.78, 5) is 49.8. The second kappa shape index (κ2) is 30.8. The Labute approximate surface area is 279 Å². The van der Waals surface area contributed by atoms with Gasteiger partial charge in [0.1, 0.15) is 0 Å². The first-order valence-electron chi connectivity index (χ1n) is 18.0. The monoisotopic (exact) mass is 744 g/mol. The summed E-state index contributed by atoms with van der Waals surface area (Å²) in [7, 11) is 0. The number of carbonyl (C=O) groups is 4. The van der Waals surface area contributed by atoms with E-state index in [0.717, 1.165) is 88.5 Å². The van der Waals surface area contributed by atoms with Crippen LogP contribution in [-0.2, 0) is 34.8 Å². The van der Waals surface area contributed by atoms with Gasteiger partial charge in [0.25, 0.3) is 0 Å². The van der Waals surface area contributed by atoms with Crippen molar-refractivity contribution in [2.75, 3.05) is 13.2 Å². The number of esters is 2. The minimum atomic E-state index is -4.25. The van der Waals surface area contributed by atoms with Crippen molar-refractivity contribution >= 4 is 43.1 Å². The van der Waals surface area contributed by atoms with E-state index in [1.54, 1.807) is 0 Å². The summed E-state index contributed by atoms with van der Waals surface area (Å²) in [5, 5.41) is 0. The average molecular weight is 744 g/mol. The molecule has 0 aromatic heterocycles. The number of unbranched alkanes of at least 4 members (excludes halogenated alkanes) is 16. The van der Waals surface area contributed by atoms with Crippen LogP contribution in [0.15, 0.2) is 24.3 Å². The van der Waals surface area contributed by atoms with E-state index in [9.17, 15) is 19.2 Å². The van der Waals surface area contributed by atoms with Gasteiger partial charge in [-0.05, 0) is 0 Å². The molecule has 9 heteroatoms. The molecular weight excluding hydrogens is 679 g/mol. The SMILES string of the molecule is CCCCCCCCCCOC(=O)C=CC(=O)[O][Sn]([CH2]CCC)([CH2]CCC)[O]C(=O)C=CC(=O)OCCCCCCCCCC. The van der Waals surface area contributed by atoms with E-state index in [2.05, 4.69) is 13.8 Å². The molecule has 0 aromatic rings. The molecule has 0 heterocycles. The fraction of sp³-hybridized carbons (Fsp3) is 0.778. The Morgan fingerprint density at radius 1 is 0.400 bits per heavy atom. The van der Waals surface area contributed by atoms with Crippen LogP contribution in [-0.4, -0.2) is 56.3 Å². The van der Waals surface area contributed by atoms with Crippen molar-refractivity contribution in [2.45, 2.75) is 165 Å². The van der Waals surface area contributed by atoms with Crippen LogP contribution in [0.2, 0.25) is 8.87 Å². The molecule has 260 valence electrons. The van der Waals surface area contributed by atoms with E-state index < -0.39 is 43.1 Å². The third-order valence-corrected chi connectivity index (χ3v) is 17.2. The summed E-state index contributed by atoms with van der Waals surface area (Å²) in [6, 6.07) is 0. The van der Waals surface area contributed by atoms with Crippen LogP contribution in [0.25, 0.3) is 0 Å². The van der Waals surface area contributed by atoms with E-state index in [4.69, 9.17) is 15.6 Å². The first kappa shape index (κ1) is 43.2. The Hall–Kier alpha value is -1.84. The predicted molar refractivity (Wildman–Crippen MR) is 183 cm³/mol. The van der Waals surface area contributed by atoms with Crippen molar-refractivity contribution < 1.29 is 34.8 Å². The maximum atomic E-state index is 12.8. The normalized spacial score (nSPS) is 11.6. The number of carbonyl (C=O) groups excluding carboxylic acids is 4. The molecule has 0 saturated carbocycles. The molecule has 0 aliphatic heterocycles. The zero-order valence-electron chi connectivity index (χ0n) is 29.0. The minimum absolute atomic E-state index is 0.314. The van der Waals surface area contributed by atoms with Crippen LogP contribution >= 0.6 is 0 Å². The standard InChI is InChI=1S/2C14H24O4.2C4H9.Sn/c2*1-2-3-4-5-6-7-8-9-12-18-14(17)11-10-13(15)16;2*1-3-4-2;/h2*10-11H,2-9,12H2,1H3,(H,15,16);2*1,3-4H2,2H3;/q;;;;+2/p-2. The van der Waals surface area contributed by atoms with Crippen molar-refractivity contribution in [2.24, 2.45) is 0 Å². The first-order valence-corrected chi connectivity index (χ1v) is 24.3. The van der Waals surface area contributed by atoms with Gasteiger partial charge in [-0.15, -0.1) is 0 Å². The van der Waals surface area contributed by atoms with Gasteiger partial charge in [0, 0.05) is 0 Å². The van der Waals surface area contributed by atoms with Gasteiger partial charge in [-0.3, -0.25) is 0 Å². The summed E-state index contributed by atoms with van der Waals surface area (Å²) in [6.45, 7) is 9.07. The first-order chi connectivity index (χ1) is 21.8. The molecule has 0 unspecified atom stereocenters. The van der Waals surface area contributed by atoms with Crippen molar-refractivity contribution in [1.82, 2.24) is 0 Å².